The summed E-state index contributed by atoms with van der Waals surface area (Å²) in [5.41, 5.74) is -0.0627. The molecule has 0 unspecified atom stereocenters. The van der Waals surface area contributed by atoms with Crippen molar-refractivity contribution in [3.8, 4) is 22.8 Å². The number of ether oxygens (including phenoxy) is 2. The molecule has 0 radical (unpaired) electrons. The quantitative estimate of drug-likeness (QED) is 0.436. The van der Waals surface area contributed by atoms with Crippen LogP contribution < -0.4 is 20.1 Å². The molecule has 0 fully saturated rings. The van der Waals surface area contributed by atoms with Crippen molar-refractivity contribution in [2.45, 2.75) is 12.0 Å². The zero-order chi connectivity index (χ0) is 25.2. The molecule has 1 atom stereocenters. The maximum Gasteiger partial charge on any atom is 0.253 e. The summed E-state index contributed by atoms with van der Waals surface area (Å²) in [5.74, 6) is -2.72. The fraction of sp³-hybridized carbons (Fsp3) is 0.280. The van der Waals surface area contributed by atoms with Crippen LogP contribution in [0.3, 0.4) is 0 Å². The van der Waals surface area contributed by atoms with Crippen LogP contribution in [0.25, 0.3) is 11.1 Å². The van der Waals surface area contributed by atoms with Gasteiger partial charge in [-0.15, -0.1) is 0 Å². The second-order valence-electron chi connectivity index (χ2n) is 8.01. The summed E-state index contributed by atoms with van der Waals surface area (Å²) in [7, 11) is 3.15. The highest BCUT2D eigenvalue weighted by Crippen LogP contribution is 2.50. The minimum Gasteiger partial charge on any atom is -0.480 e. The number of pyridine rings is 1. The molecule has 10 heteroatoms. The number of carbonyl (C=O) groups excluding carboxylic acids is 1. The van der Waals surface area contributed by atoms with Crippen LogP contribution in [-0.4, -0.2) is 49.9 Å². The zero-order valence-corrected chi connectivity index (χ0v) is 19.9. The number of likely N-dealkylation sites (N-methyl/N-ethyl adjacent to an activating group) is 1. The number of halogens is 3. The van der Waals surface area contributed by atoms with Gasteiger partial charge >= 0.3 is 0 Å². The minimum absolute atomic E-state index is 0.0112. The number of amides is 1. The molecular formula is C25H24ClF2N3O4. The van der Waals surface area contributed by atoms with Gasteiger partial charge in [-0.2, -0.15) is 0 Å². The van der Waals surface area contributed by atoms with Crippen molar-refractivity contribution in [1.82, 2.24) is 15.6 Å². The third-order valence-electron chi connectivity index (χ3n) is 5.86. The van der Waals surface area contributed by atoms with Crippen molar-refractivity contribution in [3.05, 3.63) is 75.9 Å². The number of nitrogens with zero attached hydrogens (tertiary/aromatic N) is 1. The second kappa shape index (κ2) is 10.2. The number of aliphatic hydroxyl groups is 1. The maximum atomic E-state index is 15.8. The summed E-state index contributed by atoms with van der Waals surface area (Å²) in [6.45, 7) is -0.225. The number of nitrogens with one attached hydrogen (secondary N) is 2. The highest BCUT2D eigenvalue weighted by atomic mass is 35.5. The first-order valence-corrected chi connectivity index (χ1v) is 11.3. The molecule has 7 nitrogen and oxygen atoms in total. The van der Waals surface area contributed by atoms with Gasteiger partial charge in [0, 0.05) is 49.0 Å². The molecule has 1 amide bonds. The maximum absolute atomic E-state index is 15.8. The molecule has 0 spiro atoms. The predicted molar refractivity (Wildman–Crippen MR) is 127 cm³/mol. The van der Waals surface area contributed by atoms with Crippen LogP contribution in [0.15, 0.2) is 42.6 Å². The van der Waals surface area contributed by atoms with Crippen LogP contribution >= 0.6 is 11.6 Å². The lowest BCUT2D eigenvalue weighted by atomic mass is 9.85. The Morgan fingerprint density at radius 1 is 1.26 bits per heavy atom. The van der Waals surface area contributed by atoms with Crippen molar-refractivity contribution in [2.24, 2.45) is 0 Å². The number of hydrogen-bond donors (Lipinski definition) is 3. The Kier molecular flexibility index (Phi) is 7.20. The first-order valence-electron chi connectivity index (χ1n) is 10.9. The number of hydrogen-bond acceptors (Lipinski definition) is 6. The average Bonchev–Trinajstić information content (AvgIpc) is 3.23. The summed E-state index contributed by atoms with van der Waals surface area (Å²) in [6, 6.07) is 10.6. The lowest BCUT2D eigenvalue weighted by Gasteiger charge is -2.29. The number of benzene rings is 2. The van der Waals surface area contributed by atoms with Gasteiger partial charge in [0.1, 0.15) is 18.2 Å². The van der Waals surface area contributed by atoms with E-state index in [2.05, 4.69) is 15.6 Å². The summed E-state index contributed by atoms with van der Waals surface area (Å²) >= 11 is 6.43. The standard InChI is InChI=1S/C25H24ClF2N3O4/c1-29-13-25(14-6-4-3-5-7-14)11-15-18(35-25)10-17(27)21(26)19(15)20-16(23(33)30-2)12-31-24(22(20)28)34-9-8-32/h3-7,10,12,29,32H,8-9,11,13H2,1-2H3,(H,30,33)/t25-/m1/s1. The topological polar surface area (TPSA) is 92.7 Å². The van der Waals surface area contributed by atoms with Crippen molar-refractivity contribution < 1.29 is 28.2 Å². The zero-order valence-electron chi connectivity index (χ0n) is 19.1. The molecule has 0 bridgehead atoms. The van der Waals surface area contributed by atoms with Gasteiger partial charge in [0.05, 0.1) is 17.2 Å². The smallest absolute Gasteiger partial charge is 0.253 e. The summed E-state index contributed by atoms with van der Waals surface area (Å²) in [6.07, 6.45) is 1.36. The highest BCUT2D eigenvalue weighted by Gasteiger charge is 2.44. The van der Waals surface area contributed by atoms with Gasteiger partial charge < -0.3 is 25.2 Å². The molecule has 3 N–H and O–H groups in total. The molecular weight excluding hydrogens is 480 g/mol. The van der Waals surface area contributed by atoms with E-state index in [0.717, 1.165) is 11.8 Å². The Labute approximate surface area is 206 Å². The Hall–Kier alpha value is -3.27. The van der Waals surface area contributed by atoms with Gasteiger partial charge in [-0.05, 0) is 12.6 Å². The van der Waals surface area contributed by atoms with Gasteiger partial charge in [0.25, 0.3) is 11.8 Å². The first-order chi connectivity index (χ1) is 16.9. The van der Waals surface area contributed by atoms with E-state index in [4.69, 9.17) is 26.2 Å². The molecule has 1 aromatic heterocycles. The molecule has 0 aliphatic carbocycles. The normalized spacial score (nSPS) is 16.5. The fourth-order valence-electron chi connectivity index (χ4n) is 4.35. The van der Waals surface area contributed by atoms with Crippen LogP contribution in [0.1, 0.15) is 21.5 Å². The highest BCUT2D eigenvalue weighted by molar-refractivity contribution is 6.34. The molecule has 1 aliphatic heterocycles. The fourth-order valence-corrected chi connectivity index (χ4v) is 4.62. The number of fused-ring (bicyclic) bond motifs is 1. The van der Waals surface area contributed by atoms with Crippen molar-refractivity contribution in [1.29, 1.82) is 0 Å². The number of rotatable bonds is 8. The number of aromatic nitrogens is 1. The Balaban J connectivity index is 1.98. The largest absolute Gasteiger partial charge is 0.480 e. The van der Waals surface area contributed by atoms with Crippen molar-refractivity contribution >= 4 is 17.5 Å². The third-order valence-corrected chi connectivity index (χ3v) is 6.22. The number of carbonyl (C=O) groups is 1. The van der Waals surface area contributed by atoms with E-state index in [1.54, 1.807) is 7.05 Å². The Morgan fingerprint density at radius 2 is 2.00 bits per heavy atom. The molecule has 2 aromatic carbocycles. The van der Waals surface area contributed by atoms with Crippen molar-refractivity contribution in [2.75, 3.05) is 33.9 Å². The third kappa shape index (κ3) is 4.42. The lowest BCUT2D eigenvalue weighted by molar-refractivity contribution is 0.0940. The van der Waals surface area contributed by atoms with Crippen LogP contribution in [-0.2, 0) is 12.0 Å². The monoisotopic (exact) mass is 503 g/mol. The molecule has 184 valence electrons. The van der Waals surface area contributed by atoms with Crippen LogP contribution in [0, 0.1) is 11.6 Å². The van der Waals surface area contributed by atoms with E-state index in [1.807, 2.05) is 30.3 Å². The van der Waals surface area contributed by atoms with Crippen molar-refractivity contribution in [3.63, 3.8) is 0 Å². The Bertz CT molecular complexity index is 1260. The van der Waals surface area contributed by atoms with Crippen LogP contribution in [0.4, 0.5) is 8.78 Å². The number of aliphatic hydroxyl groups excluding tert-OH is 1. The van der Waals surface area contributed by atoms with Gasteiger partial charge in [-0.1, -0.05) is 41.9 Å². The minimum atomic E-state index is -1.000. The molecule has 1 aliphatic rings. The molecule has 3 aromatic rings. The summed E-state index contributed by atoms with van der Waals surface area (Å²) < 4.78 is 42.4. The van der Waals surface area contributed by atoms with E-state index < -0.39 is 29.0 Å². The SMILES string of the molecule is CNC[C@@]1(c2ccccc2)Cc2c(cc(F)c(Cl)c2-c2c(C(=O)NC)cnc(OCCO)c2F)O1. The van der Waals surface area contributed by atoms with E-state index >= 15 is 8.78 Å². The second-order valence-corrected chi connectivity index (χ2v) is 8.39. The van der Waals surface area contributed by atoms with E-state index in [9.17, 15) is 4.79 Å². The predicted octanol–water partition coefficient (Wildman–Crippen LogP) is 3.46. The average molecular weight is 504 g/mol. The molecule has 2 heterocycles. The molecule has 35 heavy (non-hydrogen) atoms. The van der Waals surface area contributed by atoms with Gasteiger partial charge in [-0.25, -0.2) is 13.8 Å². The van der Waals surface area contributed by atoms with Gasteiger partial charge in [-0.3, -0.25) is 4.79 Å². The van der Waals surface area contributed by atoms with Crippen LogP contribution in [0.5, 0.6) is 11.6 Å². The van der Waals surface area contributed by atoms with E-state index in [1.165, 1.54) is 13.1 Å². The molecule has 4 rings (SSSR count). The molecule has 0 saturated heterocycles. The Morgan fingerprint density at radius 3 is 2.66 bits per heavy atom. The lowest BCUT2D eigenvalue weighted by Crippen LogP contribution is -2.41. The summed E-state index contributed by atoms with van der Waals surface area (Å²) in [5, 5.41) is 14.3. The van der Waals surface area contributed by atoms with E-state index in [0.29, 0.717) is 12.1 Å². The van der Waals surface area contributed by atoms with E-state index in [-0.39, 0.29) is 47.1 Å². The first kappa shape index (κ1) is 24.8. The van der Waals surface area contributed by atoms with Gasteiger partial charge in [0.2, 0.25) is 0 Å². The summed E-state index contributed by atoms with van der Waals surface area (Å²) in [4.78, 5) is 16.5. The van der Waals surface area contributed by atoms with Gasteiger partial charge in [0.15, 0.2) is 11.4 Å². The van der Waals surface area contributed by atoms with Crippen LogP contribution in [0.2, 0.25) is 5.02 Å². The molecule has 0 saturated carbocycles.